The van der Waals surface area contributed by atoms with E-state index < -0.39 is 4.92 Å². The Bertz CT molecular complexity index is 656. The van der Waals surface area contributed by atoms with Crippen LogP contribution in [0.4, 0.5) is 11.4 Å². The van der Waals surface area contributed by atoms with Crippen molar-refractivity contribution in [2.75, 3.05) is 12.4 Å². The molecule has 0 amide bonds. The molecule has 0 aromatic heterocycles. The first-order chi connectivity index (χ1) is 10.0. The predicted molar refractivity (Wildman–Crippen MR) is 82.9 cm³/mol. The van der Waals surface area contributed by atoms with Gasteiger partial charge in [0.05, 0.1) is 18.1 Å². The number of aryl methyl sites for hydroxylation is 1. The van der Waals surface area contributed by atoms with E-state index in [9.17, 15) is 10.1 Å². The Kier molecular flexibility index (Phi) is 4.42. The van der Waals surface area contributed by atoms with Gasteiger partial charge in [0.2, 0.25) is 0 Å². The average molecular weight is 286 g/mol. The van der Waals surface area contributed by atoms with Gasteiger partial charge in [-0.05, 0) is 26.0 Å². The van der Waals surface area contributed by atoms with E-state index >= 15 is 0 Å². The minimum Gasteiger partial charge on any atom is -0.496 e. The summed E-state index contributed by atoms with van der Waals surface area (Å²) >= 11 is 0. The molecule has 2 aromatic carbocycles. The van der Waals surface area contributed by atoms with E-state index in [1.807, 2.05) is 38.1 Å². The van der Waals surface area contributed by atoms with Gasteiger partial charge in [-0.3, -0.25) is 10.1 Å². The molecule has 0 aliphatic carbocycles. The van der Waals surface area contributed by atoms with Gasteiger partial charge in [0.1, 0.15) is 5.75 Å². The summed E-state index contributed by atoms with van der Waals surface area (Å²) < 4.78 is 5.37. The fourth-order valence-corrected chi connectivity index (χ4v) is 2.23. The molecule has 1 N–H and O–H groups in total. The van der Waals surface area contributed by atoms with Crippen molar-refractivity contribution < 1.29 is 9.66 Å². The lowest BCUT2D eigenvalue weighted by Gasteiger charge is -2.19. The third-order valence-corrected chi connectivity index (χ3v) is 3.29. The fourth-order valence-electron chi connectivity index (χ4n) is 2.23. The second-order valence-electron chi connectivity index (χ2n) is 4.92. The molecular weight excluding hydrogens is 268 g/mol. The molecule has 0 heterocycles. The molecule has 110 valence electrons. The van der Waals surface area contributed by atoms with Crippen LogP contribution in [0.5, 0.6) is 5.75 Å². The molecule has 21 heavy (non-hydrogen) atoms. The number of non-ortho nitro benzene ring substituents is 1. The summed E-state index contributed by atoms with van der Waals surface area (Å²) in [6, 6.07) is 12.4. The lowest BCUT2D eigenvalue weighted by molar-refractivity contribution is -0.384. The predicted octanol–water partition coefficient (Wildman–Crippen LogP) is 4.08. The molecule has 0 saturated heterocycles. The lowest BCUT2D eigenvalue weighted by atomic mass is 10.0. The number of hydrogen-bond acceptors (Lipinski definition) is 4. The molecule has 0 fully saturated rings. The number of hydrogen-bond donors (Lipinski definition) is 1. The Morgan fingerprint density at radius 3 is 2.67 bits per heavy atom. The van der Waals surface area contributed by atoms with Gasteiger partial charge < -0.3 is 10.1 Å². The Morgan fingerprint density at radius 2 is 2.00 bits per heavy atom. The van der Waals surface area contributed by atoms with Crippen molar-refractivity contribution in [3.63, 3.8) is 0 Å². The molecule has 0 spiro atoms. The fraction of sp³-hybridized carbons (Fsp3) is 0.250. The molecule has 0 saturated carbocycles. The summed E-state index contributed by atoms with van der Waals surface area (Å²) in [5.74, 6) is 0.797. The number of nitro benzene ring substituents is 1. The van der Waals surface area contributed by atoms with Gasteiger partial charge in [0.25, 0.3) is 5.69 Å². The largest absolute Gasteiger partial charge is 0.496 e. The summed E-state index contributed by atoms with van der Waals surface area (Å²) in [6.07, 6.45) is 0. The van der Waals surface area contributed by atoms with Gasteiger partial charge in [-0.1, -0.05) is 23.8 Å². The van der Waals surface area contributed by atoms with Crippen molar-refractivity contribution in [3.05, 3.63) is 63.7 Å². The molecule has 0 aliphatic heterocycles. The van der Waals surface area contributed by atoms with E-state index in [1.54, 1.807) is 13.2 Å². The van der Waals surface area contributed by atoms with Crippen LogP contribution in [-0.2, 0) is 0 Å². The zero-order chi connectivity index (χ0) is 15.4. The summed E-state index contributed by atoms with van der Waals surface area (Å²) in [5.41, 5.74) is 2.94. The van der Waals surface area contributed by atoms with Crippen LogP contribution in [0, 0.1) is 17.0 Å². The zero-order valence-electron chi connectivity index (χ0n) is 12.3. The highest BCUT2D eigenvalue weighted by atomic mass is 16.6. The van der Waals surface area contributed by atoms with Crippen LogP contribution >= 0.6 is 0 Å². The van der Waals surface area contributed by atoms with E-state index in [0.29, 0.717) is 5.69 Å². The minimum absolute atomic E-state index is 0.0261. The maximum atomic E-state index is 10.8. The van der Waals surface area contributed by atoms with E-state index in [4.69, 9.17) is 4.74 Å². The normalized spacial score (nSPS) is 11.8. The maximum absolute atomic E-state index is 10.8. The number of nitrogens with one attached hydrogen (secondary N) is 1. The van der Waals surface area contributed by atoms with Crippen LogP contribution in [0.25, 0.3) is 0 Å². The molecule has 2 aromatic rings. The van der Waals surface area contributed by atoms with Crippen molar-refractivity contribution in [2.24, 2.45) is 0 Å². The first-order valence-corrected chi connectivity index (χ1v) is 6.67. The van der Waals surface area contributed by atoms with Gasteiger partial charge in [0.15, 0.2) is 0 Å². The number of nitro groups is 1. The van der Waals surface area contributed by atoms with E-state index in [0.717, 1.165) is 16.9 Å². The molecule has 1 unspecified atom stereocenters. The van der Waals surface area contributed by atoms with Crippen molar-refractivity contribution in [3.8, 4) is 5.75 Å². The molecule has 0 radical (unpaired) electrons. The summed E-state index contributed by atoms with van der Waals surface area (Å²) in [4.78, 5) is 10.4. The van der Waals surface area contributed by atoms with Crippen molar-refractivity contribution >= 4 is 11.4 Å². The quantitative estimate of drug-likeness (QED) is 0.664. The monoisotopic (exact) mass is 286 g/mol. The Morgan fingerprint density at radius 1 is 1.24 bits per heavy atom. The Labute approximate surface area is 123 Å². The van der Waals surface area contributed by atoms with Gasteiger partial charge >= 0.3 is 0 Å². The molecule has 5 nitrogen and oxygen atoms in total. The van der Waals surface area contributed by atoms with Gasteiger partial charge in [-0.2, -0.15) is 0 Å². The van der Waals surface area contributed by atoms with Crippen LogP contribution in [0.15, 0.2) is 42.5 Å². The number of rotatable bonds is 5. The van der Waals surface area contributed by atoms with E-state index in [-0.39, 0.29) is 11.7 Å². The first-order valence-electron chi connectivity index (χ1n) is 6.67. The SMILES string of the molecule is COc1ccc(C)cc1C(C)Nc1cccc([N+](=O)[O-])c1. The molecular formula is C16H18N2O3. The Hall–Kier alpha value is -2.56. The molecule has 1 atom stereocenters. The van der Waals surface area contributed by atoms with Gasteiger partial charge in [-0.15, -0.1) is 0 Å². The number of benzene rings is 2. The second-order valence-corrected chi connectivity index (χ2v) is 4.92. The number of methoxy groups -OCH3 is 1. The van der Waals surface area contributed by atoms with Gasteiger partial charge in [-0.25, -0.2) is 0 Å². The smallest absolute Gasteiger partial charge is 0.271 e. The summed E-state index contributed by atoms with van der Waals surface area (Å²) in [7, 11) is 1.63. The molecule has 0 aliphatic rings. The van der Waals surface area contributed by atoms with Crippen LogP contribution < -0.4 is 10.1 Å². The molecule has 2 rings (SSSR count). The van der Waals surface area contributed by atoms with E-state index in [1.165, 1.54) is 12.1 Å². The Balaban J connectivity index is 2.25. The van der Waals surface area contributed by atoms with Crippen molar-refractivity contribution in [2.45, 2.75) is 19.9 Å². The maximum Gasteiger partial charge on any atom is 0.271 e. The molecule has 0 bridgehead atoms. The lowest BCUT2D eigenvalue weighted by Crippen LogP contribution is -2.08. The third-order valence-electron chi connectivity index (χ3n) is 3.29. The van der Waals surface area contributed by atoms with Crippen molar-refractivity contribution in [1.82, 2.24) is 0 Å². The van der Waals surface area contributed by atoms with Crippen LogP contribution in [0.1, 0.15) is 24.1 Å². The average Bonchev–Trinajstić information content (AvgIpc) is 2.47. The highest BCUT2D eigenvalue weighted by Gasteiger charge is 2.13. The van der Waals surface area contributed by atoms with Crippen LogP contribution in [0.3, 0.4) is 0 Å². The second kappa shape index (κ2) is 6.26. The minimum atomic E-state index is -0.400. The number of anilines is 1. The van der Waals surface area contributed by atoms with Crippen molar-refractivity contribution in [1.29, 1.82) is 0 Å². The highest BCUT2D eigenvalue weighted by Crippen LogP contribution is 2.29. The summed E-state index contributed by atoms with van der Waals surface area (Å²) in [5, 5.41) is 14.1. The summed E-state index contributed by atoms with van der Waals surface area (Å²) in [6.45, 7) is 4.01. The van der Waals surface area contributed by atoms with Gasteiger partial charge in [0, 0.05) is 23.4 Å². The highest BCUT2D eigenvalue weighted by molar-refractivity contribution is 5.53. The first kappa shape index (κ1) is 14.8. The number of ether oxygens (including phenoxy) is 1. The third kappa shape index (κ3) is 3.51. The van der Waals surface area contributed by atoms with Crippen LogP contribution in [0.2, 0.25) is 0 Å². The zero-order valence-corrected chi connectivity index (χ0v) is 12.3. The number of nitrogens with zero attached hydrogens (tertiary/aromatic N) is 1. The standard InChI is InChI=1S/C16H18N2O3/c1-11-7-8-16(21-3)15(9-11)12(2)17-13-5-4-6-14(10-13)18(19)20/h4-10,12,17H,1-3H3. The van der Waals surface area contributed by atoms with E-state index in [2.05, 4.69) is 5.32 Å². The molecule has 5 heteroatoms. The van der Waals surface area contributed by atoms with Crippen LogP contribution in [-0.4, -0.2) is 12.0 Å². The topological polar surface area (TPSA) is 64.4 Å².